The molecule has 2 fully saturated rings. The third-order valence-electron chi connectivity index (χ3n) is 11.7. The number of nitrogens with zero attached hydrogens (tertiary/aromatic N) is 8. The fourth-order valence-corrected chi connectivity index (χ4v) is 9.70. The molecular formula is C46H44N10O7S2. The summed E-state index contributed by atoms with van der Waals surface area (Å²) >= 11 is 0. The maximum absolute atomic E-state index is 12.9. The van der Waals surface area contributed by atoms with Crippen LogP contribution < -0.4 is 9.86 Å². The molecule has 0 spiro atoms. The topological polar surface area (TPSA) is 270 Å². The van der Waals surface area contributed by atoms with Gasteiger partial charge < -0.3 is 5.11 Å². The number of primary sulfonamides is 1. The third kappa shape index (κ3) is 10.5. The predicted molar refractivity (Wildman–Crippen MR) is 236 cm³/mol. The van der Waals surface area contributed by atoms with E-state index in [0.29, 0.717) is 11.7 Å². The molecule has 0 atom stereocenters. The number of carbonyl (C=O) groups excluding carboxylic acids is 1. The molecule has 4 heterocycles. The number of aryl methyl sites for hydroxylation is 2. The van der Waals surface area contributed by atoms with Crippen molar-refractivity contribution in [2.75, 3.05) is 0 Å². The molecule has 332 valence electrons. The summed E-state index contributed by atoms with van der Waals surface area (Å²) < 4.78 is 52.5. The van der Waals surface area contributed by atoms with Gasteiger partial charge in [0.25, 0.3) is 20.0 Å². The number of benzene rings is 2. The summed E-state index contributed by atoms with van der Waals surface area (Å²) in [6.07, 6.45) is 16.3. The quantitative estimate of drug-likeness (QED) is 0.149. The van der Waals surface area contributed by atoms with E-state index in [2.05, 4.69) is 31.0 Å². The number of carboxylic acids is 1. The zero-order valence-corrected chi connectivity index (χ0v) is 36.7. The van der Waals surface area contributed by atoms with Crippen LogP contribution in [-0.2, 0) is 68.2 Å². The molecule has 0 bridgehead atoms. The first kappa shape index (κ1) is 44.5. The Morgan fingerprint density at radius 1 is 0.692 bits per heavy atom. The SMILES string of the molecule is N#Cc1cc(-c2ccc3c(c2CC(=O)NS(=O)(=O)c2ccn(C4CC4)n2)CCC3)ccn1.N#Cc1cc(-c2ccc3c(c2CC(=O)O)CCC3)ccn1.NS(=O)(=O)c1ccn(C2CC2)n1. The second-order valence-corrected chi connectivity index (χ2v) is 19.4. The molecule has 0 saturated heterocycles. The van der Waals surface area contributed by atoms with Crippen molar-refractivity contribution in [1.82, 2.24) is 34.3 Å². The normalized spacial score (nSPS) is 14.9. The number of hydrogen-bond donors (Lipinski definition) is 3. The Hall–Kier alpha value is -7.06. The van der Waals surface area contributed by atoms with E-state index in [4.69, 9.17) is 10.4 Å². The van der Waals surface area contributed by atoms with Gasteiger partial charge in [-0.25, -0.2) is 28.2 Å². The van der Waals surface area contributed by atoms with Crippen LogP contribution in [0.5, 0.6) is 0 Å². The van der Waals surface area contributed by atoms with E-state index >= 15 is 0 Å². The number of amides is 1. The van der Waals surface area contributed by atoms with Crippen molar-refractivity contribution in [2.45, 2.75) is 99.2 Å². The van der Waals surface area contributed by atoms with Gasteiger partial charge in [0.2, 0.25) is 5.91 Å². The highest BCUT2D eigenvalue weighted by Gasteiger charge is 2.29. The number of fused-ring (bicyclic) bond motifs is 2. The fourth-order valence-electron chi connectivity index (χ4n) is 8.32. The number of sulfonamides is 2. The lowest BCUT2D eigenvalue weighted by molar-refractivity contribution is -0.136. The molecule has 4 aromatic heterocycles. The molecule has 4 aliphatic carbocycles. The average molecular weight is 913 g/mol. The number of hydrogen-bond acceptors (Lipinski definition) is 12. The zero-order valence-electron chi connectivity index (χ0n) is 35.1. The van der Waals surface area contributed by atoms with E-state index in [1.54, 1.807) is 52.4 Å². The van der Waals surface area contributed by atoms with Gasteiger partial charge in [-0.2, -0.15) is 29.1 Å². The molecule has 2 aromatic carbocycles. The first-order chi connectivity index (χ1) is 31.2. The molecule has 19 heteroatoms. The summed E-state index contributed by atoms with van der Waals surface area (Å²) in [5.41, 5.74) is 10.3. The lowest BCUT2D eigenvalue weighted by Gasteiger charge is -2.15. The largest absolute Gasteiger partial charge is 0.481 e. The second kappa shape index (κ2) is 18.6. The smallest absolute Gasteiger partial charge is 0.307 e. The van der Waals surface area contributed by atoms with E-state index < -0.39 is 31.9 Å². The van der Waals surface area contributed by atoms with E-state index in [-0.39, 0.29) is 34.6 Å². The van der Waals surface area contributed by atoms with Gasteiger partial charge in [-0.3, -0.25) is 19.0 Å². The molecule has 6 aromatic rings. The van der Waals surface area contributed by atoms with E-state index in [0.717, 1.165) is 103 Å². The predicted octanol–water partition coefficient (Wildman–Crippen LogP) is 5.29. The Bertz CT molecular complexity index is 3140. The van der Waals surface area contributed by atoms with Crippen LogP contribution in [0.1, 0.15) is 95.4 Å². The number of aliphatic carboxylic acids is 1. The van der Waals surface area contributed by atoms with Crippen molar-refractivity contribution < 1.29 is 31.5 Å². The molecule has 0 aliphatic heterocycles. The average Bonchev–Trinajstić information content (AvgIpc) is 4.00. The van der Waals surface area contributed by atoms with Gasteiger partial charge in [0.15, 0.2) is 10.1 Å². The number of rotatable bonds is 11. The van der Waals surface area contributed by atoms with Gasteiger partial charge in [-0.05, 0) is 156 Å². The maximum Gasteiger partial charge on any atom is 0.307 e. The standard InChI is InChI=1S/C23H21N5O3S.C17H14N2O2.C6H9N3O2S/c24-14-17-12-16(8-10-25-17)20-7-4-15-2-1-3-19(15)21(20)13-22(29)27-32(30,31)23-9-11-28(26-23)18-5-6-18;18-10-13-8-12(6-7-19-13)15-5-4-11-2-1-3-14(11)16(15)9-17(20)21;7-12(10,11)6-3-4-9(8-6)5-1-2-5/h4,7-12,18H,1-3,5-6,13H2,(H,27,29);4-8H,1-3,9H2,(H,20,21);3-5H,1-2H2,(H2,7,10,11). The molecule has 10 rings (SSSR count). The van der Waals surface area contributed by atoms with Crippen LogP contribution in [0.25, 0.3) is 22.3 Å². The highest BCUT2D eigenvalue weighted by Crippen LogP contribution is 2.37. The highest BCUT2D eigenvalue weighted by molar-refractivity contribution is 7.90. The van der Waals surface area contributed by atoms with Gasteiger partial charge in [0, 0.05) is 24.8 Å². The van der Waals surface area contributed by atoms with Gasteiger partial charge in [0.1, 0.15) is 23.5 Å². The maximum atomic E-state index is 12.9. The summed E-state index contributed by atoms with van der Waals surface area (Å²) in [7, 11) is -7.67. The van der Waals surface area contributed by atoms with Crippen molar-refractivity contribution in [3.8, 4) is 34.4 Å². The summed E-state index contributed by atoms with van der Waals surface area (Å²) in [6, 6.07) is 22.6. The number of pyridine rings is 2. The number of carbonyl (C=O) groups is 2. The lowest BCUT2D eigenvalue weighted by Crippen LogP contribution is -2.32. The molecule has 4 aliphatic rings. The summed E-state index contributed by atoms with van der Waals surface area (Å²) in [4.78, 5) is 32.1. The van der Waals surface area contributed by atoms with Gasteiger partial charge >= 0.3 is 5.97 Å². The molecule has 1 amide bonds. The number of nitrogens with one attached hydrogen (secondary N) is 1. The molecule has 0 radical (unpaired) electrons. The van der Waals surface area contributed by atoms with Crippen molar-refractivity contribution in [3.63, 3.8) is 0 Å². The summed E-state index contributed by atoms with van der Waals surface area (Å²) in [5, 5.41) is 40.0. The van der Waals surface area contributed by atoms with E-state index in [9.17, 15) is 36.8 Å². The molecular weight excluding hydrogens is 869 g/mol. The Morgan fingerprint density at radius 3 is 1.62 bits per heavy atom. The monoisotopic (exact) mass is 912 g/mol. The Kier molecular flexibility index (Phi) is 12.7. The minimum absolute atomic E-state index is 0.0166. The number of nitriles is 2. The van der Waals surface area contributed by atoms with Crippen molar-refractivity contribution in [2.24, 2.45) is 5.14 Å². The summed E-state index contributed by atoms with van der Waals surface area (Å²) in [6.45, 7) is 0. The molecule has 0 unspecified atom stereocenters. The van der Waals surface area contributed by atoms with Crippen LogP contribution in [0.15, 0.2) is 95.5 Å². The van der Waals surface area contributed by atoms with Gasteiger partial charge in [0.05, 0.1) is 24.9 Å². The van der Waals surface area contributed by atoms with Crippen LogP contribution >= 0.6 is 0 Å². The van der Waals surface area contributed by atoms with Crippen LogP contribution in [0, 0.1) is 22.7 Å². The van der Waals surface area contributed by atoms with Crippen LogP contribution in [0.4, 0.5) is 0 Å². The van der Waals surface area contributed by atoms with Crippen molar-refractivity contribution in [3.05, 3.63) is 130 Å². The summed E-state index contributed by atoms with van der Waals surface area (Å²) in [5.74, 6) is -1.44. The molecule has 65 heavy (non-hydrogen) atoms. The Labute approximate surface area is 375 Å². The van der Waals surface area contributed by atoms with E-state index in [1.165, 1.54) is 28.8 Å². The third-order valence-corrected chi connectivity index (χ3v) is 13.7. The van der Waals surface area contributed by atoms with Crippen molar-refractivity contribution in [1.29, 1.82) is 10.5 Å². The number of aromatic nitrogens is 6. The zero-order chi connectivity index (χ0) is 45.9. The minimum Gasteiger partial charge on any atom is -0.481 e. The first-order valence-electron chi connectivity index (χ1n) is 21.1. The van der Waals surface area contributed by atoms with Gasteiger partial charge in [-0.1, -0.05) is 24.3 Å². The van der Waals surface area contributed by atoms with Crippen LogP contribution in [0.3, 0.4) is 0 Å². The Morgan fingerprint density at radius 2 is 1.17 bits per heavy atom. The highest BCUT2D eigenvalue weighted by atomic mass is 32.2. The van der Waals surface area contributed by atoms with Gasteiger partial charge in [-0.15, -0.1) is 0 Å². The molecule has 2 saturated carbocycles. The fraction of sp³-hybridized carbons (Fsp3) is 0.304. The van der Waals surface area contributed by atoms with E-state index in [1.807, 2.05) is 36.4 Å². The van der Waals surface area contributed by atoms with Crippen LogP contribution in [-0.4, -0.2) is 63.3 Å². The Balaban J connectivity index is 0.000000149. The van der Waals surface area contributed by atoms with Crippen molar-refractivity contribution >= 4 is 31.9 Å². The number of nitrogens with two attached hydrogens (primary N) is 1. The van der Waals surface area contributed by atoms with Crippen LogP contribution in [0.2, 0.25) is 0 Å². The number of carboxylic acid groups (broad SMARTS) is 1. The second-order valence-electron chi connectivity index (χ2n) is 16.3. The first-order valence-corrected chi connectivity index (χ1v) is 24.1. The minimum atomic E-state index is -4.05. The molecule has 17 nitrogen and oxygen atoms in total. The molecule has 4 N–H and O–H groups in total. The lowest BCUT2D eigenvalue weighted by atomic mass is 9.91.